The molecule has 5 heteroatoms. The standard InChI is InChI=1S/C16H19BrCl2N2/c1-3-14-16(19)15(21(4-2)20-14)9-11(10-18)12-7-5-6-8-13(12)17/h5-8,11H,3-4,9-10H2,1-2H3. The lowest BCUT2D eigenvalue weighted by Gasteiger charge is -2.17. The zero-order valence-electron chi connectivity index (χ0n) is 12.2. The predicted molar refractivity (Wildman–Crippen MR) is 93.6 cm³/mol. The molecule has 1 unspecified atom stereocenters. The van der Waals surface area contributed by atoms with E-state index in [9.17, 15) is 0 Å². The van der Waals surface area contributed by atoms with Crippen LogP contribution in [0.1, 0.15) is 36.7 Å². The first kappa shape index (κ1) is 16.9. The molecule has 0 saturated carbocycles. The van der Waals surface area contributed by atoms with E-state index in [0.29, 0.717) is 5.88 Å². The van der Waals surface area contributed by atoms with Crippen LogP contribution >= 0.6 is 39.1 Å². The van der Waals surface area contributed by atoms with Crippen LogP contribution in [-0.4, -0.2) is 15.7 Å². The fraction of sp³-hybridized carbons (Fsp3) is 0.438. The molecule has 0 bridgehead atoms. The monoisotopic (exact) mass is 388 g/mol. The fourth-order valence-electron chi connectivity index (χ4n) is 2.50. The van der Waals surface area contributed by atoms with Crippen LogP contribution in [0.5, 0.6) is 0 Å². The second kappa shape index (κ2) is 7.66. The van der Waals surface area contributed by atoms with Gasteiger partial charge in [-0.2, -0.15) is 5.10 Å². The lowest BCUT2D eigenvalue weighted by Crippen LogP contribution is -2.11. The third-order valence-corrected chi connectivity index (χ3v) is 5.20. The normalized spacial score (nSPS) is 12.6. The van der Waals surface area contributed by atoms with E-state index in [1.54, 1.807) is 0 Å². The second-order valence-electron chi connectivity index (χ2n) is 4.95. The Hall–Kier alpha value is -0.510. The summed E-state index contributed by atoms with van der Waals surface area (Å²) in [6, 6.07) is 8.21. The average molecular weight is 390 g/mol. The van der Waals surface area contributed by atoms with Gasteiger partial charge >= 0.3 is 0 Å². The van der Waals surface area contributed by atoms with Gasteiger partial charge in [0.2, 0.25) is 0 Å². The van der Waals surface area contributed by atoms with Gasteiger partial charge in [-0.3, -0.25) is 4.68 Å². The van der Waals surface area contributed by atoms with Crippen molar-refractivity contribution in [1.82, 2.24) is 9.78 Å². The molecule has 0 saturated heterocycles. The number of halogens is 3. The SMILES string of the molecule is CCc1nn(CC)c(CC(CCl)c2ccccc2Br)c1Cl. The Kier molecular flexibility index (Phi) is 6.15. The molecule has 1 aromatic heterocycles. The van der Waals surface area contributed by atoms with Crippen molar-refractivity contribution in [2.24, 2.45) is 0 Å². The second-order valence-corrected chi connectivity index (χ2v) is 6.49. The van der Waals surface area contributed by atoms with Crippen molar-refractivity contribution in [3.63, 3.8) is 0 Å². The van der Waals surface area contributed by atoms with Crippen molar-refractivity contribution in [2.75, 3.05) is 5.88 Å². The minimum Gasteiger partial charge on any atom is -0.268 e. The first-order valence-electron chi connectivity index (χ1n) is 7.16. The number of benzene rings is 1. The summed E-state index contributed by atoms with van der Waals surface area (Å²) in [6.45, 7) is 4.98. The molecule has 114 valence electrons. The molecule has 2 aromatic rings. The van der Waals surface area contributed by atoms with E-state index in [1.165, 1.54) is 5.56 Å². The molecule has 0 N–H and O–H groups in total. The third-order valence-electron chi connectivity index (χ3n) is 3.67. The molecule has 0 aliphatic carbocycles. The molecule has 1 atom stereocenters. The van der Waals surface area contributed by atoms with E-state index in [0.717, 1.165) is 40.3 Å². The van der Waals surface area contributed by atoms with Crippen LogP contribution in [0.3, 0.4) is 0 Å². The highest BCUT2D eigenvalue weighted by atomic mass is 79.9. The van der Waals surface area contributed by atoms with E-state index in [2.05, 4.69) is 40.9 Å². The molecule has 0 amide bonds. The van der Waals surface area contributed by atoms with Gasteiger partial charge in [0.1, 0.15) is 0 Å². The Bertz CT molecular complexity index is 610. The van der Waals surface area contributed by atoms with E-state index >= 15 is 0 Å². The summed E-state index contributed by atoms with van der Waals surface area (Å²) in [5, 5.41) is 5.37. The van der Waals surface area contributed by atoms with E-state index in [-0.39, 0.29) is 5.92 Å². The lowest BCUT2D eigenvalue weighted by molar-refractivity contribution is 0.593. The summed E-state index contributed by atoms with van der Waals surface area (Å²) >= 11 is 16.3. The lowest BCUT2D eigenvalue weighted by atomic mass is 9.96. The topological polar surface area (TPSA) is 17.8 Å². The maximum atomic E-state index is 6.50. The number of hydrogen-bond donors (Lipinski definition) is 0. The fourth-order valence-corrected chi connectivity index (χ4v) is 3.73. The first-order chi connectivity index (χ1) is 10.1. The Morgan fingerprint density at radius 1 is 1.29 bits per heavy atom. The van der Waals surface area contributed by atoms with Crippen molar-refractivity contribution in [3.8, 4) is 0 Å². The summed E-state index contributed by atoms with van der Waals surface area (Å²) in [6.07, 6.45) is 1.64. The summed E-state index contributed by atoms with van der Waals surface area (Å²) < 4.78 is 3.09. The van der Waals surface area contributed by atoms with Gasteiger partial charge in [0.25, 0.3) is 0 Å². The summed E-state index contributed by atoms with van der Waals surface area (Å²) in [4.78, 5) is 0. The highest BCUT2D eigenvalue weighted by molar-refractivity contribution is 9.10. The van der Waals surface area contributed by atoms with Crippen LogP contribution in [0.25, 0.3) is 0 Å². The van der Waals surface area contributed by atoms with Crippen molar-refractivity contribution >= 4 is 39.1 Å². The van der Waals surface area contributed by atoms with Gasteiger partial charge in [-0.1, -0.05) is 52.7 Å². The number of alkyl halides is 1. The molecular weight excluding hydrogens is 371 g/mol. The molecule has 2 rings (SSSR count). The average Bonchev–Trinajstić information content (AvgIpc) is 2.81. The zero-order valence-corrected chi connectivity index (χ0v) is 15.3. The molecule has 2 nitrogen and oxygen atoms in total. The quantitative estimate of drug-likeness (QED) is 0.601. The number of nitrogens with zero attached hydrogens (tertiary/aromatic N) is 2. The molecule has 0 radical (unpaired) electrons. The smallest absolute Gasteiger partial charge is 0.0850 e. The largest absolute Gasteiger partial charge is 0.268 e. The minimum absolute atomic E-state index is 0.214. The highest BCUT2D eigenvalue weighted by Gasteiger charge is 2.20. The predicted octanol–water partition coefficient (Wildman–Crippen LogP) is 5.45. The highest BCUT2D eigenvalue weighted by Crippen LogP contribution is 2.32. The van der Waals surface area contributed by atoms with Crippen molar-refractivity contribution in [2.45, 2.75) is 39.2 Å². The van der Waals surface area contributed by atoms with Gasteiger partial charge in [-0.15, -0.1) is 11.6 Å². The number of aryl methyl sites for hydroxylation is 2. The van der Waals surface area contributed by atoms with E-state index < -0.39 is 0 Å². The van der Waals surface area contributed by atoms with Gasteiger partial charge in [-0.05, 0) is 31.4 Å². The van der Waals surface area contributed by atoms with E-state index in [1.807, 2.05) is 22.9 Å². The van der Waals surface area contributed by atoms with Crippen LogP contribution in [0, 0.1) is 0 Å². The summed E-state index contributed by atoms with van der Waals surface area (Å²) in [7, 11) is 0. The van der Waals surface area contributed by atoms with Crippen LogP contribution in [-0.2, 0) is 19.4 Å². The van der Waals surface area contributed by atoms with Crippen molar-refractivity contribution in [1.29, 1.82) is 0 Å². The molecule has 0 aliphatic heterocycles. The first-order valence-corrected chi connectivity index (χ1v) is 8.87. The number of rotatable bonds is 6. The van der Waals surface area contributed by atoms with Crippen LogP contribution in [0.2, 0.25) is 5.02 Å². The Morgan fingerprint density at radius 3 is 2.57 bits per heavy atom. The molecule has 1 heterocycles. The van der Waals surface area contributed by atoms with Crippen molar-refractivity contribution < 1.29 is 0 Å². The Labute approximate surface area is 144 Å². The van der Waals surface area contributed by atoms with Crippen LogP contribution < -0.4 is 0 Å². The van der Waals surface area contributed by atoms with Crippen molar-refractivity contribution in [3.05, 3.63) is 50.7 Å². The molecular formula is C16H19BrCl2N2. The Balaban J connectivity index is 2.35. The maximum Gasteiger partial charge on any atom is 0.0850 e. The number of aromatic nitrogens is 2. The molecule has 0 spiro atoms. The summed E-state index contributed by atoms with van der Waals surface area (Å²) in [5.74, 6) is 0.765. The van der Waals surface area contributed by atoms with Gasteiger partial charge in [-0.25, -0.2) is 0 Å². The van der Waals surface area contributed by atoms with Gasteiger partial charge in [0, 0.05) is 22.8 Å². The summed E-state index contributed by atoms with van der Waals surface area (Å²) in [5.41, 5.74) is 3.26. The third kappa shape index (κ3) is 3.64. The number of hydrogen-bond acceptors (Lipinski definition) is 1. The zero-order chi connectivity index (χ0) is 15.4. The molecule has 0 aliphatic rings. The van der Waals surface area contributed by atoms with Gasteiger partial charge < -0.3 is 0 Å². The molecule has 21 heavy (non-hydrogen) atoms. The van der Waals surface area contributed by atoms with Crippen LogP contribution in [0.15, 0.2) is 28.7 Å². The van der Waals surface area contributed by atoms with Gasteiger partial charge in [0.15, 0.2) is 0 Å². The van der Waals surface area contributed by atoms with E-state index in [4.69, 9.17) is 23.2 Å². The minimum atomic E-state index is 0.214. The van der Waals surface area contributed by atoms with Gasteiger partial charge in [0.05, 0.1) is 16.4 Å². The maximum absolute atomic E-state index is 6.50. The molecule has 0 fully saturated rings. The Morgan fingerprint density at radius 2 is 2.00 bits per heavy atom. The van der Waals surface area contributed by atoms with Crippen LogP contribution in [0.4, 0.5) is 0 Å². The molecule has 1 aromatic carbocycles.